The molecule has 0 spiro atoms. The van der Waals surface area contributed by atoms with Crippen LogP contribution in [0.1, 0.15) is 56.7 Å². The molecule has 1 aromatic rings. The Balaban J connectivity index is 1.56. The lowest BCUT2D eigenvalue weighted by atomic mass is 9.83. The van der Waals surface area contributed by atoms with Crippen molar-refractivity contribution in [2.45, 2.75) is 75.6 Å². The van der Waals surface area contributed by atoms with Crippen LogP contribution in [0.15, 0.2) is 18.2 Å². The number of thioether (sulfide) groups is 1. The van der Waals surface area contributed by atoms with Crippen molar-refractivity contribution in [1.29, 1.82) is 0 Å². The summed E-state index contributed by atoms with van der Waals surface area (Å²) >= 11 is 1.65. The molecule has 2 heterocycles. The minimum atomic E-state index is -0.912. The molecule has 10 heteroatoms. The lowest BCUT2D eigenvalue weighted by Crippen LogP contribution is -2.59. The van der Waals surface area contributed by atoms with Crippen LogP contribution < -0.4 is 21.7 Å². The molecule has 186 valence electrons. The van der Waals surface area contributed by atoms with Crippen molar-refractivity contribution in [1.82, 2.24) is 20.9 Å². The summed E-state index contributed by atoms with van der Waals surface area (Å²) in [6.45, 7) is 4.02. The highest BCUT2D eigenvalue weighted by Gasteiger charge is 2.54. The number of aryl methyl sites for hydroxylation is 1. The number of carbonyl (C=O) groups is 3. The van der Waals surface area contributed by atoms with E-state index in [9.17, 15) is 18.8 Å². The fourth-order valence-corrected chi connectivity index (χ4v) is 7.01. The third-order valence-corrected chi connectivity index (χ3v) is 8.44. The number of nitrogens with two attached hydrogens (primary N) is 1. The average molecular weight is 492 g/mol. The molecule has 34 heavy (non-hydrogen) atoms. The molecule has 3 aliphatic rings. The Bertz CT molecular complexity index is 974. The molecule has 0 unspecified atom stereocenters. The highest BCUT2D eigenvalue weighted by molar-refractivity contribution is 7.99. The van der Waals surface area contributed by atoms with Gasteiger partial charge in [-0.25, -0.2) is 4.39 Å². The summed E-state index contributed by atoms with van der Waals surface area (Å²) in [6.07, 6.45) is 2.67. The van der Waals surface area contributed by atoms with Crippen LogP contribution in [-0.4, -0.2) is 59.0 Å². The predicted octanol–water partition coefficient (Wildman–Crippen LogP) is 1.40. The Kier molecular flexibility index (Phi) is 7.21. The number of carbonyl (C=O) groups excluding carboxylic acids is 3. The molecule has 0 saturated carbocycles. The Labute approximate surface area is 204 Å². The lowest BCUT2D eigenvalue weighted by Gasteiger charge is -2.36. The maximum Gasteiger partial charge on any atom is 0.252 e. The van der Waals surface area contributed by atoms with Gasteiger partial charge in [-0.15, -0.1) is 11.8 Å². The topological polar surface area (TPSA) is 117 Å². The van der Waals surface area contributed by atoms with Gasteiger partial charge in [-0.1, -0.05) is 19.9 Å². The second-order valence-electron chi connectivity index (χ2n) is 10.1. The molecular formula is C24H34FN5O3S. The van der Waals surface area contributed by atoms with Gasteiger partial charge >= 0.3 is 0 Å². The van der Waals surface area contributed by atoms with Crippen LogP contribution in [0.25, 0.3) is 0 Å². The summed E-state index contributed by atoms with van der Waals surface area (Å²) < 4.78 is 13.7. The Morgan fingerprint density at radius 1 is 1.24 bits per heavy atom. The van der Waals surface area contributed by atoms with E-state index in [4.69, 9.17) is 5.73 Å². The SMILES string of the molecule is CN[C@@H](N)C(=O)N[C@H]1CCS[C@H]2CC(C)(C)[C@@H](C(=O)N[C@@H]3CCCc4cc(F)ccc43)N2C1=O. The van der Waals surface area contributed by atoms with Gasteiger partial charge in [-0.05, 0) is 73.6 Å². The fourth-order valence-electron chi connectivity index (χ4n) is 5.43. The first-order valence-corrected chi connectivity index (χ1v) is 12.9. The minimum Gasteiger partial charge on any atom is -0.347 e. The number of fused-ring (bicyclic) bond motifs is 2. The molecule has 0 aromatic heterocycles. The van der Waals surface area contributed by atoms with Gasteiger partial charge in [-0.2, -0.15) is 0 Å². The van der Waals surface area contributed by atoms with Gasteiger partial charge < -0.3 is 21.3 Å². The van der Waals surface area contributed by atoms with Gasteiger partial charge in [0, 0.05) is 0 Å². The number of hydrogen-bond acceptors (Lipinski definition) is 6. The van der Waals surface area contributed by atoms with Crippen molar-refractivity contribution >= 4 is 29.5 Å². The van der Waals surface area contributed by atoms with Gasteiger partial charge in [0.1, 0.15) is 24.1 Å². The molecule has 2 saturated heterocycles. The van der Waals surface area contributed by atoms with E-state index < -0.39 is 29.6 Å². The highest BCUT2D eigenvalue weighted by atomic mass is 32.2. The first kappa shape index (κ1) is 24.9. The number of hydrogen-bond donors (Lipinski definition) is 4. The summed E-state index contributed by atoms with van der Waals surface area (Å²) in [6, 6.07) is 3.11. The third kappa shape index (κ3) is 4.81. The molecule has 2 aliphatic heterocycles. The van der Waals surface area contributed by atoms with E-state index in [0.29, 0.717) is 18.6 Å². The van der Waals surface area contributed by atoms with Gasteiger partial charge in [-0.3, -0.25) is 19.7 Å². The van der Waals surface area contributed by atoms with Crippen molar-refractivity contribution in [2.75, 3.05) is 12.8 Å². The quantitative estimate of drug-likeness (QED) is 0.463. The molecule has 4 rings (SSSR count). The average Bonchev–Trinajstić information content (AvgIpc) is 2.98. The monoisotopic (exact) mass is 491 g/mol. The van der Waals surface area contributed by atoms with Crippen LogP contribution in [-0.2, 0) is 20.8 Å². The molecule has 3 amide bonds. The van der Waals surface area contributed by atoms with E-state index in [2.05, 4.69) is 16.0 Å². The van der Waals surface area contributed by atoms with Crippen molar-refractivity contribution in [2.24, 2.45) is 11.1 Å². The van der Waals surface area contributed by atoms with Gasteiger partial charge in [0.2, 0.25) is 11.8 Å². The zero-order valence-corrected chi connectivity index (χ0v) is 20.7. The Hall–Kier alpha value is -2.17. The number of benzene rings is 1. The number of likely N-dealkylation sites (N-methyl/N-ethyl adjacent to an activating group) is 1. The van der Waals surface area contributed by atoms with Crippen LogP contribution in [0, 0.1) is 11.2 Å². The van der Waals surface area contributed by atoms with Crippen LogP contribution in [0.3, 0.4) is 0 Å². The smallest absolute Gasteiger partial charge is 0.252 e. The van der Waals surface area contributed by atoms with E-state index in [-0.39, 0.29) is 29.0 Å². The van der Waals surface area contributed by atoms with E-state index in [0.717, 1.165) is 30.4 Å². The van der Waals surface area contributed by atoms with Crippen LogP contribution in [0.4, 0.5) is 4.39 Å². The second-order valence-corrected chi connectivity index (χ2v) is 11.4. The number of nitrogens with one attached hydrogen (secondary N) is 3. The highest BCUT2D eigenvalue weighted by Crippen LogP contribution is 2.46. The van der Waals surface area contributed by atoms with E-state index in [1.165, 1.54) is 6.07 Å². The van der Waals surface area contributed by atoms with Gasteiger partial charge in [0.15, 0.2) is 0 Å². The molecule has 5 atom stereocenters. The molecule has 2 fully saturated rings. The van der Waals surface area contributed by atoms with Crippen LogP contribution >= 0.6 is 11.8 Å². The summed E-state index contributed by atoms with van der Waals surface area (Å²) in [7, 11) is 1.58. The molecule has 0 bridgehead atoms. The minimum absolute atomic E-state index is 0.133. The first-order valence-electron chi connectivity index (χ1n) is 11.9. The zero-order chi connectivity index (χ0) is 24.6. The normalized spacial score (nSPS) is 29.0. The maximum atomic E-state index is 13.7. The number of rotatable bonds is 5. The van der Waals surface area contributed by atoms with Crippen molar-refractivity contribution in [3.05, 3.63) is 35.1 Å². The second kappa shape index (κ2) is 9.83. The third-order valence-electron chi connectivity index (χ3n) is 7.19. The Morgan fingerprint density at radius 3 is 2.74 bits per heavy atom. The summed E-state index contributed by atoms with van der Waals surface area (Å²) in [5, 5.41) is 8.47. The van der Waals surface area contributed by atoms with Crippen molar-refractivity contribution in [3.63, 3.8) is 0 Å². The van der Waals surface area contributed by atoms with E-state index in [1.54, 1.807) is 35.8 Å². The van der Waals surface area contributed by atoms with Crippen LogP contribution in [0.2, 0.25) is 0 Å². The fraction of sp³-hybridized carbons (Fsp3) is 0.625. The maximum absolute atomic E-state index is 13.7. The number of amides is 3. The largest absolute Gasteiger partial charge is 0.347 e. The molecule has 8 nitrogen and oxygen atoms in total. The van der Waals surface area contributed by atoms with Gasteiger partial charge in [0.25, 0.3) is 5.91 Å². The molecule has 1 aliphatic carbocycles. The van der Waals surface area contributed by atoms with E-state index in [1.807, 2.05) is 13.8 Å². The van der Waals surface area contributed by atoms with Crippen molar-refractivity contribution in [3.8, 4) is 0 Å². The summed E-state index contributed by atoms with van der Waals surface area (Å²) in [5.74, 6) is -0.483. The first-order chi connectivity index (χ1) is 16.1. The summed E-state index contributed by atoms with van der Waals surface area (Å²) in [5.41, 5.74) is 7.18. The molecule has 5 N–H and O–H groups in total. The van der Waals surface area contributed by atoms with Crippen LogP contribution in [0.5, 0.6) is 0 Å². The van der Waals surface area contributed by atoms with Crippen molar-refractivity contribution < 1.29 is 18.8 Å². The zero-order valence-electron chi connectivity index (χ0n) is 19.9. The van der Waals surface area contributed by atoms with E-state index >= 15 is 0 Å². The van der Waals surface area contributed by atoms with Gasteiger partial charge in [0.05, 0.1) is 11.4 Å². The molecular weight excluding hydrogens is 457 g/mol. The lowest BCUT2D eigenvalue weighted by molar-refractivity contribution is -0.144. The predicted molar refractivity (Wildman–Crippen MR) is 129 cm³/mol. The molecule has 0 radical (unpaired) electrons. The number of nitrogens with zero attached hydrogens (tertiary/aromatic N) is 1. The standard InChI is InChI=1S/C24H34FN5O3S/c1-24(2)12-18-30(23(33)17(9-10-34-18)29-22(32)20(26)27-3)19(24)21(31)28-16-6-4-5-13-11-14(25)7-8-15(13)16/h7-8,11,16-20,27H,4-6,9-10,12,26H2,1-3H3,(H,28,31)(H,29,32)/t16-,17+,18+,19-,20-/m1/s1. The molecule has 1 aromatic carbocycles. The number of halogens is 1. The Morgan fingerprint density at radius 2 is 2.00 bits per heavy atom. The summed E-state index contributed by atoms with van der Waals surface area (Å²) in [4.78, 5) is 41.3.